The maximum absolute atomic E-state index is 13.2. The first-order chi connectivity index (χ1) is 19.7. The van der Waals surface area contributed by atoms with Crippen LogP contribution in [0.4, 0.5) is 5.82 Å². The summed E-state index contributed by atoms with van der Waals surface area (Å²) in [4.78, 5) is 26.9. The fourth-order valence-corrected chi connectivity index (χ4v) is 5.30. The van der Waals surface area contributed by atoms with Gasteiger partial charge < -0.3 is 19.3 Å². The van der Waals surface area contributed by atoms with E-state index in [1.807, 2.05) is 78.6 Å². The van der Waals surface area contributed by atoms with E-state index in [0.29, 0.717) is 38.3 Å². The number of nitrogens with zero attached hydrogens (tertiary/aromatic N) is 5. The molecule has 0 bridgehead atoms. The summed E-state index contributed by atoms with van der Waals surface area (Å²) >= 11 is 0. The first kappa shape index (κ1) is 25.4. The predicted molar refractivity (Wildman–Crippen MR) is 157 cm³/mol. The molecular weight excluding hydrogens is 502 g/mol. The minimum atomic E-state index is 0.0304. The van der Waals surface area contributed by atoms with Crippen LogP contribution in [-0.2, 0) is 0 Å². The van der Waals surface area contributed by atoms with Crippen molar-refractivity contribution in [3.05, 3.63) is 97.0 Å². The number of rotatable bonds is 7. The molecule has 5 aromatic rings. The van der Waals surface area contributed by atoms with Gasteiger partial charge in [-0.25, -0.2) is 9.97 Å². The fourth-order valence-electron chi connectivity index (χ4n) is 5.30. The van der Waals surface area contributed by atoms with E-state index in [9.17, 15) is 4.79 Å². The Hall–Kier alpha value is -4.85. The van der Waals surface area contributed by atoms with Crippen molar-refractivity contribution < 1.29 is 14.3 Å². The van der Waals surface area contributed by atoms with Crippen molar-refractivity contribution in [3.63, 3.8) is 0 Å². The maximum atomic E-state index is 13.2. The Balaban J connectivity index is 1.33. The third kappa shape index (κ3) is 4.73. The molecule has 0 unspecified atom stereocenters. The number of anilines is 1. The van der Waals surface area contributed by atoms with Gasteiger partial charge in [0.05, 0.1) is 24.8 Å². The molecule has 0 aliphatic carbocycles. The molecule has 0 saturated carbocycles. The van der Waals surface area contributed by atoms with E-state index in [0.717, 1.165) is 45.2 Å². The smallest absolute Gasteiger partial charge is 0.253 e. The van der Waals surface area contributed by atoms with Crippen molar-refractivity contribution in [2.75, 3.05) is 44.8 Å². The highest BCUT2D eigenvalue weighted by molar-refractivity contribution is 6.02. The fraction of sp³-hybridized carbons (Fsp3) is 0.219. The van der Waals surface area contributed by atoms with Gasteiger partial charge in [0.1, 0.15) is 23.6 Å². The summed E-state index contributed by atoms with van der Waals surface area (Å²) in [6.45, 7) is 5.09. The molecule has 0 N–H and O–H groups in total. The lowest BCUT2D eigenvalue weighted by atomic mass is 10.1. The summed E-state index contributed by atoms with van der Waals surface area (Å²) in [5.41, 5.74) is 4.52. The molecule has 3 aromatic carbocycles. The second kappa shape index (κ2) is 11.1. The molecule has 40 heavy (non-hydrogen) atoms. The minimum Gasteiger partial charge on any atom is -0.495 e. The molecule has 1 fully saturated rings. The summed E-state index contributed by atoms with van der Waals surface area (Å²) in [6.07, 6.45) is 3.73. The number of aromatic nitrogens is 3. The van der Waals surface area contributed by atoms with E-state index in [4.69, 9.17) is 19.4 Å². The number of para-hydroxylation sites is 2. The van der Waals surface area contributed by atoms with Crippen molar-refractivity contribution in [1.29, 1.82) is 0 Å². The molecule has 8 heteroatoms. The molecule has 1 saturated heterocycles. The zero-order valence-corrected chi connectivity index (χ0v) is 22.7. The predicted octanol–water partition coefficient (Wildman–Crippen LogP) is 5.46. The molecule has 1 aliphatic heterocycles. The molecule has 2 aromatic heterocycles. The van der Waals surface area contributed by atoms with Gasteiger partial charge in [-0.05, 0) is 48.9 Å². The third-order valence-corrected chi connectivity index (χ3v) is 7.27. The zero-order valence-electron chi connectivity index (χ0n) is 22.7. The minimum absolute atomic E-state index is 0.0304. The van der Waals surface area contributed by atoms with Gasteiger partial charge in [0.2, 0.25) is 0 Å². The summed E-state index contributed by atoms with van der Waals surface area (Å²) < 4.78 is 13.3. The van der Waals surface area contributed by atoms with Crippen LogP contribution < -0.4 is 14.4 Å². The second-order valence-corrected chi connectivity index (χ2v) is 9.58. The van der Waals surface area contributed by atoms with Crippen LogP contribution in [0.3, 0.4) is 0 Å². The van der Waals surface area contributed by atoms with Crippen LogP contribution in [0, 0.1) is 0 Å². The Morgan fingerprint density at radius 1 is 0.875 bits per heavy atom. The van der Waals surface area contributed by atoms with E-state index >= 15 is 0 Å². The summed E-state index contributed by atoms with van der Waals surface area (Å²) in [5, 5.41) is 0.978. The molecule has 0 radical (unpaired) electrons. The number of carbonyl (C=O) groups excluding carboxylic acids is 1. The van der Waals surface area contributed by atoms with Gasteiger partial charge in [-0.3, -0.25) is 9.36 Å². The van der Waals surface area contributed by atoms with Gasteiger partial charge in [-0.1, -0.05) is 42.5 Å². The normalized spacial score (nSPS) is 13.4. The third-order valence-electron chi connectivity index (χ3n) is 7.27. The lowest BCUT2D eigenvalue weighted by Gasteiger charge is -2.35. The van der Waals surface area contributed by atoms with E-state index in [-0.39, 0.29) is 5.91 Å². The number of hydrogen-bond donors (Lipinski definition) is 0. The number of carbonyl (C=O) groups is 1. The first-order valence-corrected chi connectivity index (χ1v) is 13.5. The van der Waals surface area contributed by atoms with Gasteiger partial charge in [0.25, 0.3) is 5.91 Å². The number of methoxy groups -OCH3 is 1. The topological polar surface area (TPSA) is 72.7 Å². The number of benzene rings is 3. The van der Waals surface area contributed by atoms with Crippen molar-refractivity contribution in [2.24, 2.45) is 0 Å². The van der Waals surface area contributed by atoms with Crippen molar-refractivity contribution in [3.8, 4) is 28.3 Å². The summed E-state index contributed by atoms with van der Waals surface area (Å²) in [6, 6.07) is 25.6. The molecular formula is C32H31N5O3. The largest absolute Gasteiger partial charge is 0.495 e. The molecule has 8 nitrogen and oxygen atoms in total. The highest BCUT2D eigenvalue weighted by atomic mass is 16.5. The van der Waals surface area contributed by atoms with Crippen LogP contribution in [0.15, 0.2) is 91.4 Å². The molecule has 1 amide bonds. The quantitative estimate of drug-likeness (QED) is 0.277. The number of ether oxygens (including phenoxy) is 2. The number of fused-ring (bicyclic) bond motifs is 1. The summed E-state index contributed by atoms with van der Waals surface area (Å²) in [7, 11) is 1.68. The highest BCUT2D eigenvalue weighted by Gasteiger charge is 2.27. The van der Waals surface area contributed by atoms with Gasteiger partial charge >= 0.3 is 0 Å². The van der Waals surface area contributed by atoms with Crippen LogP contribution >= 0.6 is 0 Å². The highest BCUT2D eigenvalue weighted by Crippen LogP contribution is 2.38. The monoisotopic (exact) mass is 533 g/mol. The van der Waals surface area contributed by atoms with Crippen molar-refractivity contribution >= 4 is 22.8 Å². The number of amides is 1. The molecule has 0 atom stereocenters. The molecule has 0 spiro atoms. The molecule has 6 rings (SSSR count). The Morgan fingerprint density at radius 3 is 2.33 bits per heavy atom. The average Bonchev–Trinajstić information content (AvgIpc) is 3.41. The molecule has 202 valence electrons. The van der Waals surface area contributed by atoms with Crippen LogP contribution in [0.2, 0.25) is 0 Å². The van der Waals surface area contributed by atoms with Crippen molar-refractivity contribution in [1.82, 2.24) is 19.4 Å². The second-order valence-electron chi connectivity index (χ2n) is 9.58. The maximum Gasteiger partial charge on any atom is 0.253 e. The standard InChI is InChI=1S/C32H31N5O3/c1-3-40-25-15-13-24(14-16-25)32(38)36-19-17-35(18-20-36)30-29-26(23-9-5-4-6-10-23)21-37(31(29)34-22-33-30)27-11-7-8-12-28(27)39-2/h4-16,21-22H,3,17-20H2,1-2H3. The van der Waals surface area contributed by atoms with Gasteiger partial charge in [0, 0.05) is 43.5 Å². The van der Waals surface area contributed by atoms with Gasteiger partial charge in [-0.15, -0.1) is 0 Å². The zero-order chi connectivity index (χ0) is 27.5. The first-order valence-electron chi connectivity index (χ1n) is 13.5. The Bertz CT molecular complexity index is 1620. The van der Waals surface area contributed by atoms with Gasteiger partial charge in [0.15, 0.2) is 5.65 Å². The molecule has 3 heterocycles. The lowest BCUT2D eigenvalue weighted by molar-refractivity contribution is 0.0746. The Morgan fingerprint density at radius 2 is 1.60 bits per heavy atom. The van der Waals surface area contributed by atoms with Crippen LogP contribution in [0.25, 0.3) is 27.8 Å². The van der Waals surface area contributed by atoms with Crippen LogP contribution in [0.5, 0.6) is 11.5 Å². The van der Waals surface area contributed by atoms with Crippen LogP contribution in [0.1, 0.15) is 17.3 Å². The van der Waals surface area contributed by atoms with E-state index in [1.54, 1.807) is 13.4 Å². The van der Waals surface area contributed by atoms with Crippen molar-refractivity contribution in [2.45, 2.75) is 6.92 Å². The lowest BCUT2D eigenvalue weighted by Crippen LogP contribution is -2.49. The van der Waals surface area contributed by atoms with E-state index in [1.165, 1.54) is 0 Å². The number of hydrogen-bond acceptors (Lipinski definition) is 6. The van der Waals surface area contributed by atoms with E-state index in [2.05, 4.69) is 27.8 Å². The SMILES string of the molecule is CCOc1ccc(C(=O)N2CCN(c3ncnc4c3c(-c3ccccc3)cn4-c3ccccc3OC)CC2)cc1. The van der Waals surface area contributed by atoms with Gasteiger partial charge in [-0.2, -0.15) is 0 Å². The molecule has 1 aliphatic rings. The van der Waals surface area contributed by atoms with Crippen LogP contribution in [-0.4, -0.2) is 65.2 Å². The average molecular weight is 534 g/mol. The number of piperazine rings is 1. The Kier molecular flexibility index (Phi) is 7.06. The Labute approximate surface area is 233 Å². The summed E-state index contributed by atoms with van der Waals surface area (Å²) in [5.74, 6) is 2.43. The van der Waals surface area contributed by atoms with E-state index < -0.39 is 0 Å².